The molecule has 0 radical (unpaired) electrons. The Morgan fingerprint density at radius 2 is 1.24 bits per heavy atom. The van der Waals surface area contributed by atoms with Crippen molar-refractivity contribution in [1.82, 2.24) is 4.98 Å². The Bertz CT molecular complexity index is 803. The quantitative estimate of drug-likeness (QED) is 0.709. The van der Waals surface area contributed by atoms with Crippen molar-refractivity contribution in [3.8, 4) is 11.5 Å². The molecule has 0 aliphatic carbocycles. The van der Waals surface area contributed by atoms with Crippen molar-refractivity contribution in [2.24, 2.45) is 0 Å². The fourth-order valence-corrected chi connectivity index (χ4v) is 2.62. The monoisotopic (exact) mass is 333 g/mol. The fraction of sp³-hybridized carbons (Fsp3) is 0.227. The summed E-state index contributed by atoms with van der Waals surface area (Å²) in [4.78, 5) is 3.97. The molecule has 0 saturated carbocycles. The Labute approximate surface area is 148 Å². The molecule has 2 aromatic carbocycles. The molecule has 0 saturated heterocycles. The van der Waals surface area contributed by atoms with Crippen LogP contribution in [0.3, 0.4) is 0 Å². The highest BCUT2D eigenvalue weighted by molar-refractivity contribution is 5.38. The number of hydrogen-bond acceptors (Lipinski definition) is 3. The summed E-state index contributed by atoms with van der Waals surface area (Å²) in [5.74, 6) is 1.55. The van der Waals surface area contributed by atoms with Crippen molar-refractivity contribution >= 4 is 0 Å². The van der Waals surface area contributed by atoms with E-state index >= 15 is 0 Å². The Morgan fingerprint density at radius 3 is 1.76 bits per heavy atom. The molecule has 3 rings (SSSR count). The third-order valence-electron chi connectivity index (χ3n) is 4.17. The first-order valence-electron chi connectivity index (χ1n) is 8.40. The summed E-state index contributed by atoms with van der Waals surface area (Å²) in [7, 11) is 0. The molecular weight excluding hydrogens is 310 g/mol. The van der Waals surface area contributed by atoms with Crippen molar-refractivity contribution in [1.29, 1.82) is 0 Å². The van der Waals surface area contributed by atoms with Gasteiger partial charge < -0.3 is 9.84 Å². The van der Waals surface area contributed by atoms with Crippen LogP contribution in [-0.4, -0.2) is 10.1 Å². The van der Waals surface area contributed by atoms with Gasteiger partial charge in [0, 0.05) is 12.4 Å². The van der Waals surface area contributed by atoms with Crippen molar-refractivity contribution in [3.05, 3.63) is 89.7 Å². The van der Waals surface area contributed by atoms with E-state index in [0.29, 0.717) is 0 Å². The summed E-state index contributed by atoms with van der Waals surface area (Å²) in [6, 6.07) is 19.3. The topological polar surface area (TPSA) is 42.4 Å². The van der Waals surface area contributed by atoms with Gasteiger partial charge in [-0.1, -0.05) is 45.0 Å². The third-order valence-corrected chi connectivity index (χ3v) is 4.17. The number of rotatable bonds is 4. The molecule has 3 aromatic rings. The molecule has 0 fully saturated rings. The number of benzene rings is 2. The van der Waals surface area contributed by atoms with E-state index < -0.39 is 6.10 Å². The van der Waals surface area contributed by atoms with Gasteiger partial charge in [0.05, 0.1) is 0 Å². The Balaban J connectivity index is 1.70. The van der Waals surface area contributed by atoms with Gasteiger partial charge >= 0.3 is 0 Å². The maximum atomic E-state index is 10.4. The van der Waals surface area contributed by atoms with Crippen molar-refractivity contribution in [2.75, 3.05) is 0 Å². The maximum absolute atomic E-state index is 10.4. The van der Waals surface area contributed by atoms with E-state index in [1.165, 1.54) is 5.56 Å². The maximum Gasteiger partial charge on any atom is 0.127 e. The minimum Gasteiger partial charge on any atom is -0.457 e. The van der Waals surface area contributed by atoms with Crippen LogP contribution < -0.4 is 4.74 Å². The summed E-state index contributed by atoms with van der Waals surface area (Å²) in [6.07, 6.45) is 2.69. The first-order valence-corrected chi connectivity index (χ1v) is 8.40. The highest BCUT2D eigenvalue weighted by Gasteiger charge is 2.13. The predicted octanol–water partition coefficient (Wildman–Crippen LogP) is 5.25. The van der Waals surface area contributed by atoms with Gasteiger partial charge in [-0.15, -0.1) is 0 Å². The molecule has 3 heteroatoms. The van der Waals surface area contributed by atoms with Crippen LogP contribution in [0, 0.1) is 0 Å². The summed E-state index contributed by atoms with van der Waals surface area (Å²) < 4.78 is 5.89. The first-order chi connectivity index (χ1) is 11.9. The molecule has 1 aromatic heterocycles. The second-order valence-electron chi connectivity index (χ2n) is 7.13. The highest BCUT2D eigenvalue weighted by Crippen LogP contribution is 2.28. The van der Waals surface area contributed by atoms with Gasteiger partial charge in [-0.2, -0.15) is 0 Å². The molecule has 25 heavy (non-hydrogen) atoms. The summed E-state index contributed by atoms with van der Waals surface area (Å²) >= 11 is 0. The Morgan fingerprint density at radius 1 is 0.760 bits per heavy atom. The molecule has 1 heterocycles. The lowest BCUT2D eigenvalue weighted by Gasteiger charge is -2.19. The van der Waals surface area contributed by atoms with Gasteiger partial charge in [0.25, 0.3) is 0 Å². The summed E-state index contributed by atoms with van der Waals surface area (Å²) in [5, 5.41) is 10.4. The van der Waals surface area contributed by atoms with E-state index in [9.17, 15) is 5.11 Å². The van der Waals surface area contributed by atoms with Crippen molar-refractivity contribution in [3.63, 3.8) is 0 Å². The molecule has 0 spiro atoms. The normalized spacial score (nSPS) is 12.6. The van der Waals surface area contributed by atoms with Gasteiger partial charge in [0.15, 0.2) is 0 Å². The van der Waals surface area contributed by atoms with Crippen LogP contribution in [0.2, 0.25) is 0 Å². The van der Waals surface area contributed by atoms with Crippen LogP contribution in [0.4, 0.5) is 0 Å². The molecule has 0 aliphatic heterocycles. The first kappa shape index (κ1) is 17.2. The standard InChI is InChI=1S/C22H23NO2/c1-22(2,3)18-6-10-20(11-7-18)25-19-8-4-16(5-9-19)21(24)17-12-14-23-15-13-17/h4-15,21,24H,1-3H3. The molecule has 0 aliphatic rings. The molecule has 3 nitrogen and oxygen atoms in total. The van der Waals surface area contributed by atoms with E-state index in [4.69, 9.17) is 4.74 Å². The number of aliphatic hydroxyl groups is 1. The molecular formula is C22H23NO2. The van der Waals surface area contributed by atoms with Crippen LogP contribution in [-0.2, 0) is 5.41 Å². The number of pyridine rings is 1. The number of hydrogen-bond donors (Lipinski definition) is 1. The van der Waals surface area contributed by atoms with E-state index in [2.05, 4.69) is 37.9 Å². The van der Waals surface area contributed by atoms with Gasteiger partial charge in [-0.05, 0) is 58.5 Å². The molecule has 0 bridgehead atoms. The fourth-order valence-electron chi connectivity index (χ4n) is 2.62. The minimum absolute atomic E-state index is 0.128. The summed E-state index contributed by atoms with van der Waals surface area (Å²) in [5.41, 5.74) is 3.04. The van der Waals surface area contributed by atoms with Crippen LogP contribution >= 0.6 is 0 Å². The van der Waals surface area contributed by atoms with Gasteiger partial charge in [0.1, 0.15) is 17.6 Å². The number of ether oxygens (including phenoxy) is 1. The summed E-state index contributed by atoms with van der Waals surface area (Å²) in [6.45, 7) is 6.57. The number of nitrogens with zero attached hydrogens (tertiary/aromatic N) is 1. The van der Waals surface area contributed by atoms with Crippen molar-refractivity contribution < 1.29 is 9.84 Å². The lowest BCUT2D eigenvalue weighted by atomic mass is 9.87. The van der Waals surface area contributed by atoms with Crippen LogP contribution in [0.25, 0.3) is 0 Å². The van der Waals surface area contributed by atoms with Gasteiger partial charge in [-0.3, -0.25) is 4.98 Å². The number of aliphatic hydroxyl groups excluding tert-OH is 1. The zero-order chi connectivity index (χ0) is 17.9. The van der Waals surface area contributed by atoms with Gasteiger partial charge in [-0.25, -0.2) is 0 Å². The molecule has 0 amide bonds. The largest absolute Gasteiger partial charge is 0.457 e. The zero-order valence-corrected chi connectivity index (χ0v) is 14.8. The number of aromatic nitrogens is 1. The van der Waals surface area contributed by atoms with E-state index in [-0.39, 0.29) is 5.41 Å². The van der Waals surface area contributed by atoms with Crippen LogP contribution in [0.1, 0.15) is 43.6 Å². The lowest BCUT2D eigenvalue weighted by molar-refractivity contribution is 0.220. The molecule has 1 unspecified atom stereocenters. The molecule has 1 N–H and O–H groups in total. The Hall–Kier alpha value is -2.65. The van der Waals surface area contributed by atoms with Crippen molar-refractivity contribution in [2.45, 2.75) is 32.3 Å². The second-order valence-corrected chi connectivity index (χ2v) is 7.13. The van der Waals surface area contributed by atoms with E-state index in [0.717, 1.165) is 22.6 Å². The third kappa shape index (κ3) is 4.25. The van der Waals surface area contributed by atoms with E-state index in [1.54, 1.807) is 12.4 Å². The minimum atomic E-state index is -0.664. The zero-order valence-electron chi connectivity index (χ0n) is 14.8. The highest BCUT2D eigenvalue weighted by atomic mass is 16.5. The average Bonchev–Trinajstić information content (AvgIpc) is 2.62. The average molecular weight is 333 g/mol. The van der Waals surface area contributed by atoms with Crippen LogP contribution in [0.15, 0.2) is 73.1 Å². The molecule has 128 valence electrons. The van der Waals surface area contributed by atoms with Crippen LogP contribution in [0.5, 0.6) is 11.5 Å². The second kappa shape index (κ2) is 7.08. The predicted molar refractivity (Wildman–Crippen MR) is 100.0 cm³/mol. The van der Waals surface area contributed by atoms with E-state index in [1.807, 2.05) is 48.5 Å². The Kier molecular flexibility index (Phi) is 4.86. The SMILES string of the molecule is CC(C)(C)c1ccc(Oc2ccc(C(O)c3ccncc3)cc2)cc1. The lowest BCUT2D eigenvalue weighted by Crippen LogP contribution is -2.10. The molecule has 1 atom stereocenters. The van der Waals surface area contributed by atoms with Gasteiger partial charge in [0.2, 0.25) is 0 Å². The smallest absolute Gasteiger partial charge is 0.127 e.